The predicted molar refractivity (Wildman–Crippen MR) is 154 cm³/mol. The van der Waals surface area contributed by atoms with Crippen LogP contribution < -0.4 is 5.73 Å². The van der Waals surface area contributed by atoms with Gasteiger partial charge in [-0.2, -0.15) is 5.10 Å². The number of benzene rings is 2. The van der Waals surface area contributed by atoms with Crippen LogP contribution in [0, 0.1) is 24.4 Å². The molecule has 0 saturated heterocycles. The standard InChI is InChI=1S/C33H31F3N4O2/c1-20-30(22-6-3-2-4-7-22)19-40(39-20)18-27(41)15-24(12-21-13-25(34)17-26(35)14-21)32-28(8-5-11-38-32)23-9-10-31(36)29(16-23)33(37)42/h5-6,8-11,13-14,16-17,19,24H,2-4,7,12,15,18H2,1H3,(H2,37,42)/t24-/m1/s1. The van der Waals surface area contributed by atoms with Crippen LogP contribution in [0.2, 0.25) is 0 Å². The van der Waals surface area contributed by atoms with Gasteiger partial charge in [0.15, 0.2) is 5.78 Å². The van der Waals surface area contributed by atoms with E-state index in [1.165, 1.54) is 36.3 Å². The van der Waals surface area contributed by atoms with Crippen molar-refractivity contribution in [3.63, 3.8) is 0 Å². The zero-order valence-corrected chi connectivity index (χ0v) is 23.2. The molecule has 2 heterocycles. The van der Waals surface area contributed by atoms with Gasteiger partial charge in [0.1, 0.15) is 17.5 Å². The van der Waals surface area contributed by atoms with E-state index in [1.54, 1.807) is 23.0 Å². The van der Waals surface area contributed by atoms with Crippen molar-refractivity contribution < 1.29 is 22.8 Å². The summed E-state index contributed by atoms with van der Waals surface area (Å²) >= 11 is 0. The van der Waals surface area contributed by atoms with Crippen molar-refractivity contribution in [2.45, 2.75) is 57.9 Å². The predicted octanol–water partition coefficient (Wildman–Crippen LogP) is 6.71. The highest BCUT2D eigenvalue weighted by atomic mass is 19.1. The Morgan fingerprint density at radius 2 is 1.81 bits per heavy atom. The van der Waals surface area contributed by atoms with Crippen molar-refractivity contribution in [1.82, 2.24) is 14.8 Å². The van der Waals surface area contributed by atoms with Gasteiger partial charge in [0.05, 0.1) is 23.5 Å². The number of halogens is 3. The fourth-order valence-corrected chi connectivity index (χ4v) is 5.66. The summed E-state index contributed by atoms with van der Waals surface area (Å²) in [7, 11) is 0. The molecule has 9 heteroatoms. The lowest BCUT2D eigenvalue weighted by Gasteiger charge is -2.20. The molecule has 1 atom stereocenters. The van der Waals surface area contributed by atoms with Crippen LogP contribution in [0.1, 0.15) is 70.9 Å². The van der Waals surface area contributed by atoms with Crippen LogP contribution in [-0.2, 0) is 17.8 Å². The van der Waals surface area contributed by atoms with Crippen LogP contribution in [0.5, 0.6) is 0 Å². The second-order valence-corrected chi connectivity index (χ2v) is 10.7. The van der Waals surface area contributed by atoms with E-state index in [9.17, 15) is 22.8 Å². The summed E-state index contributed by atoms with van der Waals surface area (Å²) < 4.78 is 44.1. The van der Waals surface area contributed by atoms with Crippen LogP contribution in [0.25, 0.3) is 16.7 Å². The maximum Gasteiger partial charge on any atom is 0.251 e. The first kappa shape index (κ1) is 29.0. The molecule has 4 aromatic rings. The van der Waals surface area contributed by atoms with E-state index in [2.05, 4.69) is 16.2 Å². The van der Waals surface area contributed by atoms with Gasteiger partial charge in [-0.25, -0.2) is 13.2 Å². The summed E-state index contributed by atoms with van der Waals surface area (Å²) in [6.07, 6.45) is 10.1. The zero-order valence-electron chi connectivity index (χ0n) is 23.2. The average molecular weight is 573 g/mol. The van der Waals surface area contributed by atoms with Gasteiger partial charge in [-0.15, -0.1) is 0 Å². The van der Waals surface area contributed by atoms with Gasteiger partial charge < -0.3 is 5.73 Å². The highest BCUT2D eigenvalue weighted by molar-refractivity contribution is 5.94. The smallest absolute Gasteiger partial charge is 0.251 e. The Morgan fingerprint density at radius 3 is 2.52 bits per heavy atom. The first-order chi connectivity index (χ1) is 20.2. The minimum Gasteiger partial charge on any atom is -0.366 e. The molecule has 0 bridgehead atoms. The topological polar surface area (TPSA) is 90.9 Å². The molecule has 0 radical (unpaired) electrons. The lowest BCUT2D eigenvalue weighted by atomic mass is 9.86. The minimum absolute atomic E-state index is 0.00293. The molecule has 2 aromatic heterocycles. The fraction of sp³-hybridized carbons (Fsp3) is 0.273. The Morgan fingerprint density at radius 1 is 1.02 bits per heavy atom. The number of nitrogens with two attached hydrogens (primary N) is 1. The first-order valence-electron chi connectivity index (χ1n) is 13.9. The maximum absolute atomic E-state index is 14.2. The van der Waals surface area contributed by atoms with Gasteiger partial charge in [-0.3, -0.25) is 19.3 Å². The third kappa shape index (κ3) is 6.67. The third-order valence-electron chi connectivity index (χ3n) is 7.57. The number of carbonyl (C=O) groups excluding carboxylic acids is 2. The number of rotatable bonds is 10. The van der Waals surface area contributed by atoms with E-state index in [-0.39, 0.29) is 30.7 Å². The Kier molecular flexibility index (Phi) is 8.66. The lowest BCUT2D eigenvalue weighted by Crippen LogP contribution is -2.17. The van der Waals surface area contributed by atoms with E-state index < -0.39 is 29.3 Å². The molecule has 2 N–H and O–H groups in total. The Labute approximate surface area is 242 Å². The van der Waals surface area contributed by atoms with Gasteiger partial charge in [0.25, 0.3) is 5.91 Å². The van der Waals surface area contributed by atoms with E-state index in [1.807, 2.05) is 13.1 Å². The number of hydrogen-bond donors (Lipinski definition) is 1. The molecule has 5 rings (SSSR count). The van der Waals surface area contributed by atoms with E-state index >= 15 is 0 Å². The zero-order chi connectivity index (χ0) is 29.8. The van der Waals surface area contributed by atoms with Crippen molar-refractivity contribution in [3.05, 3.63) is 113 Å². The van der Waals surface area contributed by atoms with Gasteiger partial charge in [0, 0.05) is 41.9 Å². The molecule has 42 heavy (non-hydrogen) atoms. The number of allylic oxidation sites excluding steroid dienone is 2. The largest absolute Gasteiger partial charge is 0.366 e. The average Bonchev–Trinajstić information content (AvgIpc) is 3.32. The number of aryl methyl sites for hydroxylation is 1. The number of Topliss-reactive ketones (excluding diaryl/α,β-unsaturated/α-hetero) is 1. The van der Waals surface area contributed by atoms with Crippen LogP contribution in [0.4, 0.5) is 13.2 Å². The Bertz CT molecular complexity index is 1660. The number of aromatic nitrogens is 3. The van der Waals surface area contributed by atoms with Crippen molar-refractivity contribution >= 4 is 17.3 Å². The molecule has 216 valence electrons. The Hall–Kier alpha value is -4.53. The van der Waals surface area contributed by atoms with Crippen LogP contribution >= 0.6 is 0 Å². The molecule has 1 aliphatic carbocycles. The van der Waals surface area contributed by atoms with E-state index in [4.69, 9.17) is 5.73 Å². The molecule has 1 amide bonds. The van der Waals surface area contributed by atoms with Crippen molar-refractivity contribution in [2.24, 2.45) is 5.73 Å². The minimum atomic E-state index is -0.917. The highest BCUT2D eigenvalue weighted by Crippen LogP contribution is 2.34. The first-order valence-corrected chi connectivity index (χ1v) is 13.9. The number of primary amides is 1. The van der Waals surface area contributed by atoms with E-state index in [0.29, 0.717) is 22.4 Å². The molecule has 0 fully saturated rings. The van der Waals surface area contributed by atoms with Crippen molar-refractivity contribution in [3.8, 4) is 11.1 Å². The second-order valence-electron chi connectivity index (χ2n) is 10.7. The molecular formula is C33H31F3N4O2. The highest BCUT2D eigenvalue weighted by Gasteiger charge is 2.24. The number of carbonyl (C=O) groups is 2. The van der Waals surface area contributed by atoms with Gasteiger partial charge in [-0.05, 0) is 86.1 Å². The molecular weight excluding hydrogens is 541 g/mol. The molecule has 0 saturated carbocycles. The maximum atomic E-state index is 14.2. The number of ketones is 1. The summed E-state index contributed by atoms with van der Waals surface area (Å²) in [4.78, 5) is 29.9. The molecule has 0 unspecified atom stereocenters. The summed E-state index contributed by atoms with van der Waals surface area (Å²) in [6.45, 7) is 1.95. The number of amides is 1. The molecule has 0 spiro atoms. The third-order valence-corrected chi connectivity index (χ3v) is 7.57. The monoisotopic (exact) mass is 572 g/mol. The van der Waals surface area contributed by atoms with Gasteiger partial charge in [-0.1, -0.05) is 18.2 Å². The SMILES string of the molecule is Cc1nn(CC(=O)C[C@@H](Cc2cc(F)cc(F)c2)c2ncccc2-c2ccc(F)c(C(N)=O)c2)cc1C1=CCCCC1. The summed E-state index contributed by atoms with van der Waals surface area (Å²) in [5, 5.41) is 4.57. The fourth-order valence-electron chi connectivity index (χ4n) is 5.66. The number of hydrogen-bond acceptors (Lipinski definition) is 4. The van der Waals surface area contributed by atoms with E-state index in [0.717, 1.165) is 42.7 Å². The lowest BCUT2D eigenvalue weighted by molar-refractivity contribution is -0.120. The Balaban J connectivity index is 1.48. The van der Waals surface area contributed by atoms with Crippen molar-refractivity contribution in [1.29, 1.82) is 0 Å². The van der Waals surface area contributed by atoms with Gasteiger partial charge in [0.2, 0.25) is 0 Å². The summed E-state index contributed by atoms with van der Waals surface area (Å²) in [6, 6.07) is 10.7. The van der Waals surface area contributed by atoms with Crippen LogP contribution in [0.3, 0.4) is 0 Å². The number of pyridine rings is 1. The molecule has 0 aliphatic heterocycles. The van der Waals surface area contributed by atoms with Gasteiger partial charge >= 0.3 is 0 Å². The summed E-state index contributed by atoms with van der Waals surface area (Å²) in [5.74, 6) is -3.85. The summed E-state index contributed by atoms with van der Waals surface area (Å²) in [5.41, 5.74) is 10.1. The molecule has 6 nitrogen and oxygen atoms in total. The molecule has 2 aromatic carbocycles. The normalized spacial score (nSPS) is 14.0. The van der Waals surface area contributed by atoms with Crippen molar-refractivity contribution in [2.75, 3.05) is 0 Å². The second kappa shape index (κ2) is 12.5. The quantitative estimate of drug-likeness (QED) is 0.229. The van der Waals surface area contributed by atoms with Crippen LogP contribution in [0.15, 0.2) is 67.0 Å². The van der Waals surface area contributed by atoms with Crippen LogP contribution in [-0.4, -0.2) is 26.5 Å². The molecule has 1 aliphatic rings. The number of nitrogens with zero attached hydrogens (tertiary/aromatic N) is 3.